The summed E-state index contributed by atoms with van der Waals surface area (Å²) >= 11 is 7.53. The minimum absolute atomic E-state index is 0.0969. The van der Waals surface area contributed by atoms with Crippen molar-refractivity contribution in [2.45, 2.75) is 33.4 Å². The summed E-state index contributed by atoms with van der Waals surface area (Å²) in [6.07, 6.45) is 1.58. The molecule has 0 atom stereocenters. The first kappa shape index (κ1) is 17.6. The SMILES string of the molecule is Cc1sc2ncn(CCC(=O)OCc3ccccc3Cl)c(=O)c2c1C. The van der Waals surface area contributed by atoms with E-state index < -0.39 is 0 Å². The highest BCUT2D eigenvalue weighted by atomic mass is 35.5. The fraction of sp³-hybridized carbons (Fsp3) is 0.278. The Balaban J connectivity index is 1.65. The van der Waals surface area contributed by atoms with E-state index in [0.29, 0.717) is 10.4 Å². The quantitative estimate of drug-likeness (QED) is 0.634. The zero-order valence-corrected chi connectivity index (χ0v) is 15.5. The maximum atomic E-state index is 12.6. The van der Waals surface area contributed by atoms with Crippen molar-refractivity contribution in [2.75, 3.05) is 0 Å². The number of nitrogens with zero attached hydrogens (tertiary/aromatic N) is 2. The van der Waals surface area contributed by atoms with Gasteiger partial charge in [-0.15, -0.1) is 11.3 Å². The third-order valence-corrected chi connectivity index (χ3v) is 5.54. The van der Waals surface area contributed by atoms with E-state index >= 15 is 0 Å². The molecule has 0 spiro atoms. The summed E-state index contributed by atoms with van der Waals surface area (Å²) in [5.41, 5.74) is 1.58. The van der Waals surface area contributed by atoms with Crippen molar-refractivity contribution in [1.29, 1.82) is 0 Å². The molecule has 0 bridgehead atoms. The Hall–Kier alpha value is -2.18. The predicted octanol–water partition coefficient (Wildman–Crippen LogP) is 3.86. The number of aromatic nitrogens is 2. The molecule has 0 N–H and O–H groups in total. The molecular weight excluding hydrogens is 360 g/mol. The Kier molecular flexibility index (Phi) is 5.20. The fourth-order valence-corrected chi connectivity index (χ4v) is 3.66. The molecular formula is C18H17ClN2O3S. The van der Waals surface area contributed by atoms with E-state index in [9.17, 15) is 9.59 Å². The van der Waals surface area contributed by atoms with Gasteiger partial charge in [0.2, 0.25) is 0 Å². The van der Waals surface area contributed by atoms with Gasteiger partial charge in [0.15, 0.2) is 0 Å². The first-order valence-electron chi connectivity index (χ1n) is 7.81. The summed E-state index contributed by atoms with van der Waals surface area (Å²) in [6, 6.07) is 7.20. The lowest BCUT2D eigenvalue weighted by molar-refractivity contribution is -0.145. The van der Waals surface area contributed by atoms with Crippen LogP contribution in [0, 0.1) is 13.8 Å². The van der Waals surface area contributed by atoms with Gasteiger partial charge in [-0.1, -0.05) is 29.8 Å². The number of carbonyl (C=O) groups excluding carboxylic acids is 1. The van der Waals surface area contributed by atoms with E-state index in [1.807, 2.05) is 26.0 Å². The van der Waals surface area contributed by atoms with Gasteiger partial charge in [-0.3, -0.25) is 14.2 Å². The Morgan fingerprint density at radius 3 is 2.84 bits per heavy atom. The lowest BCUT2D eigenvalue weighted by Crippen LogP contribution is -2.22. The van der Waals surface area contributed by atoms with Gasteiger partial charge >= 0.3 is 5.97 Å². The third-order valence-electron chi connectivity index (χ3n) is 4.06. The van der Waals surface area contributed by atoms with E-state index in [-0.39, 0.29) is 31.1 Å². The van der Waals surface area contributed by atoms with Crippen molar-refractivity contribution in [1.82, 2.24) is 9.55 Å². The maximum absolute atomic E-state index is 12.6. The Bertz CT molecular complexity index is 994. The van der Waals surface area contributed by atoms with Crippen LogP contribution in [0.1, 0.15) is 22.4 Å². The molecule has 130 valence electrons. The van der Waals surface area contributed by atoms with Crippen LogP contribution < -0.4 is 5.56 Å². The molecule has 0 radical (unpaired) electrons. The zero-order chi connectivity index (χ0) is 18.0. The molecule has 0 amide bonds. The van der Waals surface area contributed by atoms with Crippen LogP contribution in [0.2, 0.25) is 5.02 Å². The van der Waals surface area contributed by atoms with Crippen LogP contribution in [0.4, 0.5) is 0 Å². The molecule has 0 saturated heterocycles. The number of aryl methyl sites for hydroxylation is 3. The van der Waals surface area contributed by atoms with E-state index in [2.05, 4.69) is 4.98 Å². The number of esters is 1. The molecule has 0 saturated carbocycles. The summed E-state index contributed by atoms with van der Waals surface area (Å²) in [4.78, 5) is 30.6. The smallest absolute Gasteiger partial charge is 0.307 e. The summed E-state index contributed by atoms with van der Waals surface area (Å²) < 4.78 is 6.69. The number of fused-ring (bicyclic) bond motifs is 1. The molecule has 0 aliphatic rings. The van der Waals surface area contributed by atoms with Crippen LogP contribution in [0.25, 0.3) is 10.2 Å². The summed E-state index contributed by atoms with van der Waals surface area (Å²) in [6.45, 7) is 4.24. The second-order valence-electron chi connectivity index (χ2n) is 5.71. The number of hydrogen-bond donors (Lipinski definition) is 0. The van der Waals surface area contributed by atoms with Crippen LogP contribution in [0.3, 0.4) is 0 Å². The Labute approximate surface area is 153 Å². The minimum Gasteiger partial charge on any atom is -0.461 e. The standard InChI is InChI=1S/C18H17ClN2O3S/c1-11-12(2)25-17-16(11)18(23)21(10-20-17)8-7-15(22)24-9-13-5-3-4-6-14(13)19/h3-6,10H,7-9H2,1-2H3. The highest BCUT2D eigenvalue weighted by molar-refractivity contribution is 7.18. The second kappa shape index (κ2) is 7.37. The molecule has 0 fully saturated rings. The summed E-state index contributed by atoms with van der Waals surface area (Å²) in [5.74, 6) is -0.384. The Morgan fingerprint density at radius 1 is 1.32 bits per heavy atom. The molecule has 2 heterocycles. The molecule has 0 unspecified atom stereocenters. The van der Waals surface area contributed by atoms with E-state index in [4.69, 9.17) is 16.3 Å². The molecule has 2 aromatic heterocycles. The van der Waals surface area contributed by atoms with Gasteiger partial charge in [-0.25, -0.2) is 4.98 Å². The van der Waals surface area contributed by atoms with E-state index in [1.54, 1.807) is 12.1 Å². The Morgan fingerprint density at radius 2 is 2.08 bits per heavy atom. The largest absolute Gasteiger partial charge is 0.461 e. The van der Waals surface area contributed by atoms with Crippen molar-refractivity contribution >= 4 is 39.1 Å². The lowest BCUT2D eigenvalue weighted by atomic mass is 10.2. The molecule has 5 nitrogen and oxygen atoms in total. The van der Waals surface area contributed by atoms with Crippen molar-refractivity contribution < 1.29 is 9.53 Å². The number of hydrogen-bond acceptors (Lipinski definition) is 5. The first-order chi connectivity index (χ1) is 12.0. The average Bonchev–Trinajstić information content (AvgIpc) is 2.88. The van der Waals surface area contributed by atoms with Crippen LogP contribution in [-0.4, -0.2) is 15.5 Å². The third kappa shape index (κ3) is 3.75. The van der Waals surface area contributed by atoms with E-state index in [1.165, 1.54) is 22.2 Å². The maximum Gasteiger partial charge on any atom is 0.307 e. The van der Waals surface area contributed by atoms with Gasteiger partial charge in [0.25, 0.3) is 5.56 Å². The zero-order valence-electron chi connectivity index (χ0n) is 13.9. The topological polar surface area (TPSA) is 61.2 Å². The molecule has 3 aromatic rings. The van der Waals surface area contributed by atoms with Gasteiger partial charge in [0.1, 0.15) is 11.4 Å². The first-order valence-corrected chi connectivity index (χ1v) is 9.01. The second-order valence-corrected chi connectivity index (χ2v) is 7.32. The lowest BCUT2D eigenvalue weighted by Gasteiger charge is -2.08. The van der Waals surface area contributed by atoms with Crippen molar-refractivity contribution in [3.8, 4) is 0 Å². The van der Waals surface area contributed by atoms with Crippen molar-refractivity contribution in [3.63, 3.8) is 0 Å². The number of benzene rings is 1. The molecule has 3 rings (SSSR count). The van der Waals surface area contributed by atoms with Crippen molar-refractivity contribution in [3.05, 3.63) is 62.0 Å². The van der Waals surface area contributed by atoms with Crippen molar-refractivity contribution in [2.24, 2.45) is 0 Å². The number of carbonyl (C=O) groups is 1. The highest BCUT2D eigenvalue weighted by Gasteiger charge is 2.13. The number of rotatable bonds is 5. The molecule has 1 aromatic carbocycles. The number of halogens is 1. The monoisotopic (exact) mass is 376 g/mol. The molecule has 0 aliphatic carbocycles. The van der Waals surface area contributed by atoms with Crippen LogP contribution in [-0.2, 0) is 22.7 Å². The molecule has 7 heteroatoms. The average molecular weight is 377 g/mol. The van der Waals surface area contributed by atoms with Crippen LogP contribution in [0.15, 0.2) is 35.4 Å². The molecule has 25 heavy (non-hydrogen) atoms. The van der Waals surface area contributed by atoms with Gasteiger partial charge in [0, 0.05) is 22.0 Å². The minimum atomic E-state index is -0.384. The highest BCUT2D eigenvalue weighted by Crippen LogP contribution is 2.25. The van der Waals surface area contributed by atoms with Gasteiger partial charge in [-0.2, -0.15) is 0 Å². The normalized spacial score (nSPS) is 11.0. The van der Waals surface area contributed by atoms with Crippen LogP contribution >= 0.6 is 22.9 Å². The predicted molar refractivity (Wildman–Crippen MR) is 99.2 cm³/mol. The van der Waals surface area contributed by atoms with Gasteiger partial charge in [-0.05, 0) is 25.5 Å². The van der Waals surface area contributed by atoms with E-state index in [0.717, 1.165) is 20.8 Å². The summed E-state index contributed by atoms with van der Waals surface area (Å²) in [7, 11) is 0. The summed E-state index contributed by atoms with van der Waals surface area (Å²) in [5, 5.41) is 1.19. The van der Waals surface area contributed by atoms with Gasteiger partial charge < -0.3 is 4.74 Å². The fourth-order valence-electron chi connectivity index (χ4n) is 2.49. The number of ether oxygens (including phenoxy) is 1. The van der Waals surface area contributed by atoms with Gasteiger partial charge in [0.05, 0.1) is 18.1 Å². The molecule has 0 aliphatic heterocycles. The van der Waals surface area contributed by atoms with Crippen LogP contribution in [0.5, 0.6) is 0 Å². The number of thiophene rings is 1.